The molecule has 1 rings (SSSR count). The van der Waals surface area contributed by atoms with Crippen molar-refractivity contribution in [2.45, 2.75) is 352 Å². The summed E-state index contributed by atoms with van der Waals surface area (Å²) < 4.78 is 11.4. The SMILES string of the molecule is CC/C=C\C/C=C\C/C=C\C/C=C\C/C=C\C/C=C\C/C=C\C/C=C\CCCCCCCCC(=O)NC(COC1OC(CO)C(O)C(O)C1O)C(O)CCCCCCCCCCCCCCCCCCCCCCCCCCCCCCC. The van der Waals surface area contributed by atoms with Gasteiger partial charge in [-0.15, -0.1) is 0 Å². The first-order valence-corrected chi connectivity index (χ1v) is 34.9. The summed E-state index contributed by atoms with van der Waals surface area (Å²) in [5.74, 6) is -0.159. The summed E-state index contributed by atoms with van der Waals surface area (Å²) in [7, 11) is 0. The first-order chi connectivity index (χ1) is 40.8. The Hall–Kier alpha value is -2.89. The Labute approximate surface area is 511 Å². The number of nitrogens with one attached hydrogen (secondary N) is 1. The number of allylic oxidation sites excluding steroid dienone is 16. The van der Waals surface area contributed by atoms with Gasteiger partial charge in [-0.3, -0.25) is 4.79 Å². The maximum absolute atomic E-state index is 13.1. The molecule has 9 nitrogen and oxygen atoms in total. The van der Waals surface area contributed by atoms with Gasteiger partial charge in [0.25, 0.3) is 0 Å². The van der Waals surface area contributed by atoms with Gasteiger partial charge in [-0.25, -0.2) is 0 Å². The third-order valence-electron chi connectivity index (χ3n) is 16.2. The van der Waals surface area contributed by atoms with E-state index >= 15 is 0 Å². The van der Waals surface area contributed by atoms with E-state index in [1.54, 1.807) is 0 Å². The molecule has 480 valence electrons. The third kappa shape index (κ3) is 50.9. The Kier molecular flexibility index (Phi) is 58.5. The van der Waals surface area contributed by atoms with Gasteiger partial charge in [0.2, 0.25) is 5.91 Å². The molecule has 0 aromatic heterocycles. The second-order valence-electron chi connectivity index (χ2n) is 23.9. The predicted molar refractivity (Wildman–Crippen MR) is 355 cm³/mol. The molecule has 6 N–H and O–H groups in total. The van der Waals surface area contributed by atoms with E-state index < -0.39 is 49.5 Å². The van der Waals surface area contributed by atoms with E-state index in [-0.39, 0.29) is 12.5 Å². The van der Waals surface area contributed by atoms with Crippen LogP contribution in [0.25, 0.3) is 0 Å². The maximum atomic E-state index is 13.1. The van der Waals surface area contributed by atoms with Crippen LogP contribution in [0.15, 0.2) is 97.2 Å². The van der Waals surface area contributed by atoms with Crippen molar-refractivity contribution in [3.05, 3.63) is 97.2 Å². The molecule has 0 radical (unpaired) electrons. The number of carbonyl (C=O) groups is 1. The van der Waals surface area contributed by atoms with Crippen LogP contribution in [0.4, 0.5) is 0 Å². The van der Waals surface area contributed by atoms with Crippen molar-refractivity contribution in [2.24, 2.45) is 0 Å². The first kappa shape index (κ1) is 78.1. The highest BCUT2D eigenvalue weighted by molar-refractivity contribution is 5.76. The van der Waals surface area contributed by atoms with E-state index in [9.17, 15) is 30.3 Å². The second kappa shape index (κ2) is 62.2. The molecule has 1 saturated heterocycles. The van der Waals surface area contributed by atoms with Crippen molar-refractivity contribution >= 4 is 5.91 Å². The van der Waals surface area contributed by atoms with Crippen LogP contribution in [0.5, 0.6) is 0 Å². The number of unbranched alkanes of at least 4 members (excludes halogenated alkanes) is 34. The molecule has 7 atom stereocenters. The normalized spacial score (nSPS) is 18.9. The van der Waals surface area contributed by atoms with Crippen LogP contribution in [0.3, 0.4) is 0 Å². The number of aliphatic hydroxyl groups is 5. The molecular weight excluding hydrogens is 1030 g/mol. The van der Waals surface area contributed by atoms with E-state index in [2.05, 4.69) is 116 Å². The molecule has 1 aliphatic heterocycles. The number of hydrogen-bond donors (Lipinski definition) is 6. The number of aliphatic hydroxyl groups excluding tert-OH is 5. The van der Waals surface area contributed by atoms with Crippen LogP contribution in [-0.4, -0.2) is 87.5 Å². The van der Waals surface area contributed by atoms with Crippen LogP contribution >= 0.6 is 0 Å². The average molecular weight is 1160 g/mol. The fourth-order valence-corrected chi connectivity index (χ4v) is 10.8. The van der Waals surface area contributed by atoms with Crippen molar-refractivity contribution in [1.82, 2.24) is 5.32 Å². The summed E-state index contributed by atoms with van der Waals surface area (Å²) >= 11 is 0. The number of hydrogen-bond acceptors (Lipinski definition) is 8. The fourth-order valence-electron chi connectivity index (χ4n) is 10.8. The topological polar surface area (TPSA) is 149 Å². The summed E-state index contributed by atoms with van der Waals surface area (Å²) in [6, 6.07) is -0.736. The molecule has 0 aliphatic carbocycles. The number of amides is 1. The molecule has 0 aromatic rings. The zero-order valence-electron chi connectivity index (χ0n) is 53.7. The molecule has 83 heavy (non-hydrogen) atoms. The minimum absolute atomic E-state index is 0.149. The summed E-state index contributed by atoms with van der Waals surface area (Å²) in [5, 5.41) is 54.9. The maximum Gasteiger partial charge on any atom is 0.220 e. The van der Waals surface area contributed by atoms with Gasteiger partial charge in [-0.05, 0) is 77.0 Å². The van der Waals surface area contributed by atoms with Gasteiger partial charge in [0.1, 0.15) is 24.4 Å². The molecular formula is C74H131NO8. The average Bonchev–Trinajstić information content (AvgIpc) is 3.61. The zero-order valence-corrected chi connectivity index (χ0v) is 53.7. The van der Waals surface area contributed by atoms with Gasteiger partial charge < -0.3 is 40.3 Å². The third-order valence-corrected chi connectivity index (χ3v) is 16.2. The lowest BCUT2D eigenvalue weighted by molar-refractivity contribution is -0.302. The lowest BCUT2D eigenvalue weighted by Crippen LogP contribution is -2.60. The van der Waals surface area contributed by atoms with E-state index in [1.165, 1.54) is 167 Å². The fraction of sp³-hybridized carbons (Fsp3) is 0.770. The van der Waals surface area contributed by atoms with Gasteiger partial charge in [0.15, 0.2) is 6.29 Å². The van der Waals surface area contributed by atoms with Gasteiger partial charge in [-0.2, -0.15) is 0 Å². The highest BCUT2D eigenvalue weighted by Crippen LogP contribution is 2.23. The molecule has 1 amide bonds. The first-order valence-electron chi connectivity index (χ1n) is 34.9. The molecule has 9 heteroatoms. The lowest BCUT2D eigenvalue weighted by Gasteiger charge is -2.40. The van der Waals surface area contributed by atoms with Gasteiger partial charge >= 0.3 is 0 Å². The van der Waals surface area contributed by atoms with Crippen molar-refractivity contribution in [2.75, 3.05) is 13.2 Å². The second-order valence-corrected chi connectivity index (χ2v) is 23.9. The number of rotatable bonds is 60. The monoisotopic (exact) mass is 1160 g/mol. The van der Waals surface area contributed by atoms with Crippen molar-refractivity contribution in [3.8, 4) is 0 Å². The van der Waals surface area contributed by atoms with Gasteiger partial charge in [-0.1, -0.05) is 323 Å². The van der Waals surface area contributed by atoms with Crippen LogP contribution in [0.2, 0.25) is 0 Å². The van der Waals surface area contributed by atoms with Crippen molar-refractivity contribution in [1.29, 1.82) is 0 Å². The van der Waals surface area contributed by atoms with E-state index in [0.29, 0.717) is 12.8 Å². The Bertz CT molecular complexity index is 1630. The molecule has 1 fully saturated rings. The van der Waals surface area contributed by atoms with E-state index in [0.717, 1.165) is 116 Å². The van der Waals surface area contributed by atoms with E-state index in [1.807, 2.05) is 0 Å². The van der Waals surface area contributed by atoms with Crippen LogP contribution in [-0.2, 0) is 14.3 Å². The molecule has 0 bridgehead atoms. The zero-order chi connectivity index (χ0) is 60.0. The van der Waals surface area contributed by atoms with Gasteiger partial charge in [0.05, 0.1) is 25.4 Å². The molecule has 0 spiro atoms. The molecule has 0 saturated carbocycles. The molecule has 1 heterocycles. The van der Waals surface area contributed by atoms with E-state index in [4.69, 9.17) is 9.47 Å². The predicted octanol–water partition coefficient (Wildman–Crippen LogP) is 19.1. The minimum Gasteiger partial charge on any atom is -0.394 e. The minimum atomic E-state index is -1.56. The summed E-state index contributed by atoms with van der Waals surface area (Å²) in [6.07, 6.45) is 83.2. The molecule has 1 aliphatic rings. The summed E-state index contributed by atoms with van der Waals surface area (Å²) in [4.78, 5) is 13.1. The number of carbonyl (C=O) groups excluding carboxylic acids is 1. The highest BCUT2D eigenvalue weighted by atomic mass is 16.7. The molecule has 7 unspecified atom stereocenters. The standard InChI is InChI=1S/C74H131NO8/c1-3-5-7-9-11-13-15-17-19-21-23-25-27-29-31-33-34-36-38-40-42-44-46-48-50-52-54-56-58-60-62-64-70(78)75-67(66-82-74-73(81)72(80)71(79)69(65-76)83-74)68(77)63-61-59-57-55-53-51-49-47-45-43-41-39-37-35-32-30-28-26-24-22-20-18-16-14-12-10-8-6-4-2/h5,7,11,13,17,19,23,25,29,31,34,36,40,42,46,48,67-69,71-74,76-77,79-81H,3-4,6,8-10,12,14-16,18,20-22,24,26-28,30,32-33,35,37-39,41,43-45,47,49-66H2,1-2H3,(H,75,78)/b7-5-,13-11-,19-17-,25-23-,31-29-,36-34-,42-40-,48-46-. The Balaban J connectivity index is 2.16. The molecule has 0 aromatic carbocycles. The largest absolute Gasteiger partial charge is 0.394 e. The quantitative estimate of drug-likeness (QED) is 0.0261. The Morgan fingerprint density at radius 1 is 0.422 bits per heavy atom. The van der Waals surface area contributed by atoms with Crippen molar-refractivity contribution in [3.63, 3.8) is 0 Å². The highest BCUT2D eigenvalue weighted by Gasteiger charge is 2.44. The van der Waals surface area contributed by atoms with Gasteiger partial charge in [0, 0.05) is 6.42 Å². The van der Waals surface area contributed by atoms with Crippen molar-refractivity contribution < 1.29 is 39.8 Å². The smallest absolute Gasteiger partial charge is 0.220 e. The Morgan fingerprint density at radius 3 is 1.11 bits per heavy atom. The van der Waals surface area contributed by atoms with Crippen LogP contribution in [0.1, 0.15) is 309 Å². The lowest BCUT2D eigenvalue weighted by atomic mass is 9.99. The number of ether oxygens (including phenoxy) is 2. The summed E-state index contributed by atoms with van der Waals surface area (Å²) in [6.45, 7) is 3.75. The Morgan fingerprint density at radius 2 is 0.747 bits per heavy atom. The van der Waals surface area contributed by atoms with Crippen LogP contribution < -0.4 is 5.32 Å². The van der Waals surface area contributed by atoms with Crippen LogP contribution in [0, 0.1) is 0 Å². The summed E-state index contributed by atoms with van der Waals surface area (Å²) in [5.41, 5.74) is 0.